The summed E-state index contributed by atoms with van der Waals surface area (Å²) < 4.78 is 5.38. The van der Waals surface area contributed by atoms with Crippen molar-refractivity contribution in [2.24, 2.45) is 5.92 Å². The number of ether oxygens (including phenoxy) is 1. The molecule has 0 aliphatic carbocycles. The van der Waals surface area contributed by atoms with Crippen LogP contribution in [0.2, 0.25) is 0 Å². The van der Waals surface area contributed by atoms with E-state index in [4.69, 9.17) is 16.3 Å². The average molecular weight is 305 g/mol. The number of alkyl halides is 1. The zero-order chi connectivity index (χ0) is 15.3. The predicted octanol–water partition coefficient (Wildman–Crippen LogP) is 2.38. The van der Waals surface area contributed by atoms with Crippen molar-refractivity contribution in [3.63, 3.8) is 0 Å². The Labute approximate surface area is 126 Å². The Kier molecular flexibility index (Phi) is 6.11. The minimum atomic E-state index is -0.505. The molecule has 20 heavy (non-hydrogen) atoms. The van der Waals surface area contributed by atoms with E-state index in [0.29, 0.717) is 19.0 Å². The van der Waals surface area contributed by atoms with Crippen LogP contribution in [0.4, 0.5) is 4.79 Å². The molecule has 0 radical (unpaired) electrons. The van der Waals surface area contributed by atoms with Gasteiger partial charge in [-0.15, -0.1) is 11.6 Å². The standard InChI is InChI=1S/C14H25ClN2O3/c1-10(18)16-12-9-17(8-11(12)6-5-7-15)13(19)20-14(2,3)4/h11-12H,5-9H2,1-4H3,(H,16,18). The van der Waals surface area contributed by atoms with Gasteiger partial charge in [-0.25, -0.2) is 4.79 Å². The van der Waals surface area contributed by atoms with Crippen LogP contribution in [0.1, 0.15) is 40.5 Å². The third-order valence-corrected chi connectivity index (χ3v) is 3.46. The number of amides is 2. The van der Waals surface area contributed by atoms with Gasteiger partial charge < -0.3 is 15.0 Å². The first-order valence-electron chi connectivity index (χ1n) is 7.04. The average Bonchev–Trinajstić information content (AvgIpc) is 2.66. The molecule has 0 saturated carbocycles. The largest absolute Gasteiger partial charge is 0.444 e. The van der Waals surface area contributed by atoms with E-state index in [2.05, 4.69) is 5.32 Å². The number of likely N-dealkylation sites (tertiary alicyclic amines) is 1. The van der Waals surface area contributed by atoms with Gasteiger partial charge >= 0.3 is 6.09 Å². The molecule has 0 bridgehead atoms. The van der Waals surface area contributed by atoms with Crippen LogP contribution in [-0.4, -0.2) is 47.5 Å². The summed E-state index contributed by atoms with van der Waals surface area (Å²) in [6.45, 7) is 8.14. The molecular weight excluding hydrogens is 280 g/mol. The van der Waals surface area contributed by atoms with E-state index < -0.39 is 5.60 Å². The molecule has 2 unspecified atom stereocenters. The first kappa shape index (κ1) is 17.1. The summed E-state index contributed by atoms with van der Waals surface area (Å²) in [6, 6.07) is -0.0109. The van der Waals surface area contributed by atoms with Gasteiger partial charge in [0.15, 0.2) is 0 Å². The maximum absolute atomic E-state index is 12.1. The second kappa shape index (κ2) is 7.16. The molecule has 1 aliphatic rings. The maximum atomic E-state index is 12.1. The number of carbonyl (C=O) groups excluding carboxylic acids is 2. The molecule has 1 heterocycles. The molecule has 116 valence electrons. The van der Waals surface area contributed by atoms with Gasteiger partial charge in [0, 0.05) is 25.9 Å². The highest BCUT2D eigenvalue weighted by molar-refractivity contribution is 6.17. The minimum Gasteiger partial charge on any atom is -0.444 e. The molecule has 5 nitrogen and oxygen atoms in total. The Morgan fingerprint density at radius 3 is 2.50 bits per heavy atom. The van der Waals surface area contributed by atoms with Crippen molar-refractivity contribution in [3.8, 4) is 0 Å². The lowest BCUT2D eigenvalue weighted by Gasteiger charge is -2.24. The summed E-state index contributed by atoms with van der Waals surface area (Å²) in [5.41, 5.74) is -0.505. The number of nitrogens with one attached hydrogen (secondary N) is 1. The third-order valence-electron chi connectivity index (χ3n) is 3.19. The lowest BCUT2D eigenvalue weighted by Crippen LogP contribution is -2.40. The van der Waals surface area contributed by atoms with Crippen molar-refractivity contribution in [2.75, 3.05) is 19.0 Å². The van der Waals surface area contributed by atoms with Crippen LogP contribution < -0.4 is 5.32 Å². The fourth-order valence-electron chi connectivity index (χ4n) is 2.40. The lowest BCUT2D eigenvalue weighted by atomic mass is 9.98. The van der Waals surface area contributed by atoms with E-state index in [-0.39, 0.29) is 24.0 Å². The Balaban J connectivity index is 2.63. The monoisotopic (exact) mass is 304 g/mol. The van der Waals surface area contributed by atoms with Crippen molar-refractivity contribution in [1.82, 2.24) is 10.2 Å². The van der Waals surface area contributed by atoms with Crippen molar-refractivity contribution in [3.05, 3.63) is 0 Å². The van der Waals surface area contributed by atoms with E-state index in [0.717, 1.165) is 12.8 Å². The van der Waals surface area contributed by atoms with E-state index in [1.807, 2.05) is 20.8 Å². The van der Waals surface area contributed by atoms with E-state index in [1.54, 1.807) is 4.90 Å². The number of nitrogens with zero attached hydrogens (tertiary/aromatic N) is 1. The quantitative estimate of drug-likeness (QED) is 0.811. The van der Waals surface area contributed by atoms with Gasteiger partial charge in [0.25, 0.3) is 0 Å². The molecular formula is C14H25ClN2O3. The van der Waals surface area contributed by atoms with Gasteiger partial charge in [-0.2, -0.15) is 0 Å². The molecule has 1 fully saturated rings. The first-order chi connectivity index (χ1) is 9.23. The van der Waals surface area contributed by atoms with Crippen LogP contribution in [0.5, 0.6) is 0 Å². The van der Waals surface area contributed by atoms with Crippen LogP contribution in [0, 0.1) is 5.92 Å². The topological polar surface area (TPSA) is 58.6 Å². The highest BCUT2D eigenvalue weighted by Gasteiger charge is 2.37. The zero-order valence-electron chi connectivity index (χ0n) is 12.7. The molecule has 1 rings (SSSR count). The van der Waals surface area contributed by atoms with Crippen molar-refractivity contribution in [1.29, 1.82) is 0 Å². The number of hydrogen-bond donors (Lipinski definition) is 1. The molecule has 0 spiro atoms. The summed E-state index contributed by atoms with van der Waals surface area (Å²) in [6.07, 6.45) is 1.46. The van der Waals surface area contributed by atoms with Crippen LogP contribution >= 0.6 is 11.6 Å². The first-order valence-corrected chi connectivity index (χ1v) is 7.57. The van der Waals surface area contributed by atoms with Crippen LogP contribution in [0.25, 0.3) is 0 Å². The molecule has 1 N–H and O–H groups in total. The van der Waals surface area contributed by atoms with Gasteiger partial charge in [-0.3, -0.25) is 4.79 Å². The lowest BCUT2D eigenvalue weighted by molar-refractivity contribution is -0.119. The Morgan fingerprint density at radius 2 is 2.00 bits per heavy atom. The van der Waals surface area contributed by atoms with Gasteiger partial charge in [0.1, 0.15) is 5.60 Å². The smallest absolute Gasteiger partial charge is 0.410 e. The fourth-order valence-corrected chi connectivity index (χ4v) is 2.56. The minimum absolute atomic E-state index is 0.0109. The summed E-state index contributed by atoms with van der Waals surface area (Å²) in [4.78, 5) is 25.0. The second-order valence-corrected chi connectivity index (χ2v) is 6.66. The van der Waals surface area contributed by atoms with Gasteiger partial charge in [0.05, 0.1) is 6.04 Å². The van der Waals surface area contributed by atoms with Crippen LogP contribution in [0.15, 0.2) is 0 Å². The summed E-state index contributed by atoms with van der Waals surface area (Å²) in [5.74, 6) is 0.762. The zero-order valence-corrected chi connectivity index (χ0v) is 13.5. The fraction of sp³-hybridized carbons (Fsp3) is 0.857. The summed E-state index contributed by atoms with van der Waals surface area (Å²) in [5, 5.41) is 2.92. The van der Waals surface area contributed by atoms with Crippen molar-refractivity contribution < 1.29 is 14.3 Å². The summed E-state index contributed by atoms with van der Waals surface area (Å²) >= 11 is 5.73. The van der Waals surface area contributed by atoms with E-state index in [1.165, 1.54) is 6.92 Å². The van der Waals surface area contributed by atoms with Gasteiger partial charge in [-0.1, -0.05) is 0 Å². The SMILES string of the molecule is CC(=O)NC1CN(C(=O)OC(C)(C)C)CC1CCCCl. The molecule has 1 saturated heterocycles. The Bertz CT molecular complexity index is 355. The van der Waals surface area contributed by atoms with E-state index >= 15 is 0 Å². The van der Waals surface area contributed by atoms with Gasteiger partial charge in [0.2, 0.25) is 5.91 Å². The Hall–Kier alpha value is -0.970. The number of rotatable bonds is 4. The predicted molar refractivity (Wildman–Crippen MR) is 78.9 cm³/mol. The molecule has 2 atom stereocenters. The number of hydrogen-bond acceptors (Lipinski definition) is 3. The normalized spacial score (nSPS) is 22.8. The van der Waals surface area contributed by atoms with Crippen LogP contribution in [0.3, 0.4) is 0 Å². The second-order valence-electron chi connectivity index (χ2n) is 6.28. The maximum Gasteiger partial charge on any atom is 0.410 e. The number of halogens is 1. The number of carbonyl (C=O) groups is 2. The van der Waals surface area contributed by atoms with Gasteiger partial charge in [-0.05, 0) is 39.5 Å². The summed E-state index contributed by atoms with van der Waals surface area (Å²) in [7, 11) is 0. The van der Waals surface area contributed by atoms with E-state index in [9.17, 15) is 9.59 Å². The van der Waals surface area contributed by atoms with Crippen molar-refractivity contribution >= 4 is 23.6 Å². The third kappa shape index (κ3) is 5.57. The molecule has 0 aromatic rings. The molecule has 0 aromatic heterocycles. The highest BCUT2D eigenvalue weighted by Crippen LogP contribution is 2.24. The molecule has 1 aliphatic heterocycles. The molecule has 2 amide bonds. The highest BCUT2D eigenvalue weighted by atomic mass is 35.5. The molecule has 6 heteroatoms. The van der Waals surface area contributed by atoms with Crippen molar-refractivity contribution in [2.45, 2.75) is 52.2 Å². The molecule has 0 aromatic carbocycles. The van der Waals surface area contributed by atoms with Crippen LogP contribution in [-0.2, 0) is 9.53 Å². The Morgan fingerprint density at radius 1 is 1.35 bits per heavy atom.